The lowest BCUT2D eigenvalue weighted by Gasteiger charge is -2.29. The van der Waals surface area contributed by atoms with Crippen molar-refractivity contribution in [2.75, 3.05) is 0 Å². The monoisotopic (exact) mass is 154 g/mol. The molecule has 11 heavy (non-hydrogen) atoms. The van der Waals surface area contributed by atoms with Crippen LogP contribution in [-0.2, 0) is 9.59 Å². The Morgan fingerprint density at radius 2 is 1.73 bits per heavy atom. The molecule has 0 spiro atoms. The quantitative estimate of drug-likeness (QED) is 0.580. The molecule has 0 unspecified atom stereocenters. The van der Waals surface area contributed by atoms with Crippen molar-refractivity contribution in [3.63, 3.8) is 0 Å². The number of carbonyl (C=O) groups excluding carboxylic acids is 2. The maximum atomic E-state index is 10.7. The molecule has 1 rings (SSSR count). The van der Waals surface area contributed by atoms with Gasteiger partial charge in [0.2, 0.25) is 0 Å². The molecule has 0 saturated heterocycles. The summed E-state index contributed by atoms with van der Waals surface area (Å²) in [6.45, 7) is 0. The van der Waals surface area contributed by atoms with Gasteiger partial charge in [-0.15, -0.1) is 0 Å². The zero-order valence-corrected chi connectivity index (χ0v) is 6.71. The van der Waals surface area contributed by atoms with Crippen molar-refractivity contribution in [1.82, 2.24) is 0 Å². The van der Waals surface area contributed by atoms with E-state index in [1.165, 1.54) is 6.42 Å². The van der Waals surface area contributed by atoms with Gasteiger partial charge in [-0.3, -0.25) is 0 Å². The fourth-order valence-corrected chi connectivity index (χ4v) is 1.79. The average Bonchev–Trinajstić information content (AvgIpc) is 2.07. The molecular weight excluding hydrogens is 140 g/mol. The first-order valence-corrected chi connectivity index (χ1v) is 4.23. The van der Waals surface area contributed by atoms with Crippen LogP contribution in [0.3, 0.4) is 0 Å². The minimum atomic E-state index is -0.278. The van der Waals surface area contributed by atoms with Gasteiger partial charge in [0.05, 0.1) is 0 Å². The Labute approximate surface area is 67.0 Å². The molecule has 0 heterocycles. The Bertz CT molecular complexity index is 146. The highest BCUT2D eigenvalue weighted by Crippen LogP contribution is 2.36. The van der Waals surface area contributed by atoms with Crippen molar-refractivity contribution in [3.8, 4) is 0 Å². The van der Waals surface area contributed by atoms with E-state index in [2.05, 4.69) is 0 Å². The summed E-state index contributed by atoms with van der Waals surface area (Å²) in [6.07, 6.45) is 7.54. The molecule has 0 aromatic rings. The van der Waals surface area contributed by atoms with Crippen molar-refractivity contribution in [2.24, 2.45) is 5.41 Å². The molecule has 1 saturated carbocycles. The van der Waals surface area contributed by atoms with Gasteiger partial charge < -0.3 is 9.59 Å². The van der Waals surface area contributed by atoms with Gasteiger partial charge in [0, 0.05) is 11.8 Å². The van der Waals surface area contributed by atoms with Gasteiger partial charge in [-0.05, 0) is 12.8 Å². The molecule has 0 bridgehead atoms. The lowest BCUT2D eigenvalue weighted by molar-refractivity contribution is -0.122. The lowest BCUT2D eigenvalue weighted by atomic mass is 9.73. The van der Waals surface area contributed by atoms with Crippen LogP contribution in [-0.4, -0.2) is 12.6 Å². The van der Waals surface area contributed by atoms with Gasteiger partial charge in [0.25, 0.3) is 0 Å². The van der Waals surface area contributed by atoms with Crippen molar-refractivity contribution in [3.05, 3.63) is 0 Å². The van der Waals surface area contributed by atoms with Gasteiger partial charge in [0.1, 0.15) is 12.6 Å². The molecule has 0 aromatic carbocycles. The molecule has 0 amide bonds. The smallest absolute Gasteiger partial charge is 0.126 e. The molecule has 0 radical (unpaired) electrons. The second-order valence-corrected chi connectivity index (χ2v) is 3.41. The SMILES string of the molecule is O=CCC1(C=O)CCCCC1. The molecule has 1 fully saturated rings. The number of hydrogen-bond donors (Lipinski definition) is 0. The Kier molecular flexibility index (Phi) is 2.80. The number of rotatable bonds is 3. The zero-order valence-electron chi connectivity index (χ0n) is 6.71. The van der Waals surface area contributed by atoms with E-state index in [1.807, 2.05) is 0 Å². The molecule has 62 valence electrons. The van der Waals surface area contributed by atoms with Crippen LogP contribution in [0.5, 0.6) is 0 Å². The maximum Gasteiger partial charge on any atom is 0.126 e. The Morgan fingerprint density at radius 1 is 1.09 bits per heavy atom. The molecule has 0 aromatic heterocycles. The summed E-state index contributed by atoms with van der Waals surface area (Å²) >= 11 is 0. The molecule has 2 heteroatoms. The van der Waals surface area contributed by atoms with Gasteiger partial charge in [-0.25, -0.2) is 0 Å². The van der Waals surface area contributed by atoms with Gasteiger partial charge >= 0.3 is 0 Å². The largest absolute Gasteiger partial charge is 0.303 e. The summed E-state index contributed by atoms with van der Waals surface area (Å²) in [6, 6.07) is 0. The van der Waals surface area contributed by atoms with E-state index in [0.717, 1.165) is 38.3 Å². The molecular formula is C9H14O2. The van der Waals surface area contributed by atoms with Crippen molar-refractivity contribution >= 4 is 12.6 Å². The number of aldehydes is 2. The summed E-state index contributed by atoms with van der Waals surface area (Å²) in [5, 5.41) is 0. The molecule has 0 atom stereocenters. The van der Waals surface area contributed by atoms with Gasteiger partial charge in [0.15, 0.2) is 0 Å². The average molecular weight is 154 g/mol. The predicted octanol–water partition coefficient (Wildman–Crippen LogP) is 1.72. The highest BCUT2D eigenvalue weighted by atomic mass is 16.1. The summed E-state index contributed by atoms with van der Waals surface area (Å²) in [5.74, 6) is 0. The van der Waals surface area contributed by atoms with Gasteiger partial charge in [-0.1, -0.05) is 19.3 Å². The Balaban J connectivity index is 2.56. The number of hydrogen-bond acceptors (Lipinski definition) is 2. The highest BCUT2D eigenvalue weighted by Gasteiger charge is 2.30. The molecule has 1 aliphatic carbocycles. The van der Waals surface area contributed by atoms with Crippen LogP contribution in [0.4, 0.5) is 0 Å². The zero-order chi connectivity index (χ0) is 8.16. The second-order valence-electron chi connectivity index (χ2n) is 3.41. The predicted molar refractivity (Wildman–Crippen MR) is 42.3 cm³/mol. The summed E-state index contributed by atoms with van der Waals surface area (Å²) < 4.78 is 0. The first-order chi connectivity index (χ1) is 5.33. The van der Waals surface area contributed by atoms with Crippen molar-refractivity contribution < 1.29 is 9.59 Å². The molecule has 1 aliphatic rings. The van der Waals surface area contributed by atoms with E-state index < -0.39 is 0 Å². The summed E-state index contributed by atoms with van der Waals surface area (Å²) in [4.78, 5) is 21.0. The standard InChI is InChI=1S/C9H14O2/c10-7-6-9(8-11)4-2-1-3-5-9/h7-8H,1-6H2. The summed E-state index contributed by atoms with van der Waals surface area (Å²) in [7, 11) is 0. The van der Waals surface area contributed by atoms with E-state index in [-0.39, 0.29) is 5.41 Å². The Hall–Kier alpha value is -0.660. The van der Waals surface area contributed by atoms with Crippen LogP contribution < -0.4 is 0 Å². The van der Waals surface area contributed by atoms with E-state index in [9.17, 15) is 9.59 Å². The number of carbonyl (C=O) groups is 2. The molecule has 0 N–H and O–H groups in total. The third-order valence-electron chi connectivity index (χ3n) is 2.59. The van der Waals surface area contributed by atoms with Crippen LogP contribution >= 0.6 is 0 Å². The third kappa shape index (κ3) is 1.88. The van der Waals surface area contributed by atoms with Gasteiger partial charge in [-0.2, -0.15) is 0 Å². The second kappa shape index (κ2) is 3.65. The van der Waals surface area contributed by atoms with Crippen molar-refractivity contribution in [1.29, 1.82) is 0 Å². The topological polar surface area (TPSA) is 34.1 Å². The minimum Gasteiger partial charge on any atom is -0.303 e. The van der Waals surface area contributed by atoms with E-state index in [1.54, 1.807) is 0 Å². The van der Waals surface area contributed by atoms with Crippen LogP contribution in [0.15, 0.2) is 0 Å². The normalized spacial score (nSPS) is 22.5. The minimum absolute atomic E-state index is 0.278. The molecule has 0 aliphatic heterocycles. The maximum absolute atomic E-state index is 10.7. The first kappa shape index (κ1) is 8.44. The van der Waals surface area contributed by atoms with Crippen molar-refractivity contribution in [2.45, 2.75) is 38.5 Å². The van der Waals surface area contributed by atoms with E-state index in [0.29, 0.717) is 6.42 Å². The fraction of sp³-hybridized carbons (Fsp3) is 0.778. The summed E-state index contributed by atoms with van der Waals surface area (Å²) in [5.41, 5.74) is -0.278. The lowest BCUT2D eigenvalue weighted by Crippen LogP contribution is -2.26. The van der Waals surface area contributed by atoms with Crippen LogP contribution in [0, 0.1) is 5.41 Å². The first-order valence-electron chi connectivity index (χ1n) is 4.23. The third-order valence-corrected chi connectivity index (χ3v) is 2.59. The van der Waals surface area contributed by atoms with E-state index >= 15 is 0 Å². The fourth-order valence-electron chi connectivity index (χ4n) is 1.79. The highest BCUT2D eigenvalue weighted by molar-refractivity contribution is 5.66. The van der Waals surface area contributed by atoms with Crippen LogP contribution in [0.1, 0.15) is 38.5 Å². The van der Waals surface area contributed by atoms with E-state index in [4.69, 9.17) is 0 Å². The van der Waals surface area contributed by atoms with Crippen LogP contribution in [0.25, 0.3) is 0 Å². The van der Waals surface area contributed by atoms with Crippen LogP contribution in [0.2, 0.25) is 0 Å². The Morgan fingerprint density at radius 3 is 2.18 bits per heavy atom. The molecule has 2 nitrogen and oxygen atoms in total.